The summed E-state index contributed by atoms with van der Waals surface area (Å²) < 4.78 is 27.3. The van der Waals surface area contributed by atoms with Crippen LogP contribution in [0.25, 0.3) is 0 Å². The molecule has 0 atom stereocenters. The second kappa shape index (κ2) is 6.89. The number of hydrogen-bond acceptors (Lipinski definition) is 4. The lowest BCUT2D eigenvalue weighted by Crippen LogP contribution is -2.47. The maximum Gasteiger partial charge on any atom is 0.243 e. The molecule has 0 aromatic heterocycles. The van der Waals surface area contributed by atoms with E-state index in [0.717, 1.165) is 28.0 Å². The summed E-state index contributed by atoms with van der Waals surface area (Å²) in [4.78, 5) is 11.1. The van der Waals surface area contributed by atoms with Gasteiger partial charge in [-0.1, -0.05) is 35.2 Å². The maximum atomic E-state index is 12.7. The van der Waals surface area contributed by atoms with Crippen LogP contribution < -0.4 is 5.11 Å². The highest BCUT2D eigenvalue weighted by Gasteiger charge is 2.32. The molecule has 0 radical (unpaired) electrons. The van der Waals surface area contributed by atoms with Crippen LogP contribution in [0, 0.1) is 0 Å². The van der Waals surface area contributed by atoms with Gasteiger partial charge in [-0.2, -0.15) is 4.31 Å². The molecule has 1 saturated carbocycles. The van der Waals surface area contributed by atoms with Gasteiger partial charge in [0.25, 0.3) is 0 Å². The number of aliphatic carboxylic acids is 1. The normalized spacial score (nSPS) is 17.0. The second-order valence-corrected chi connectivity index (χ2v) is 7.97. The standard InChI is InChI=1S/C14H18BrNO4S/c15-11-6-8-13(9-7-11)21(19,20)16(10-14(17)18)12-4-2-1-3-5-12/h6-9,12H,1-5,10H2,(H,17,18)/p-1. The zero-order valence-corrected chi connectivity index (χ0v) is 13.9. The SMILES string of the molecule is O=C([O-])CN(C1CCCCC1)S(=O)(=O)c1ccc(Br)cc1. The van der Waals surface area contributed by atoms with Crippen LogP contribution in [-0.4, -0.2) is 31.3 Å². The zero-order chi connectivity index (χ0) is 15.5. The summed E-state index contributed by atoms with van der Waals surface area (Å²) in [5.41, 5.74) is 0. The van der Waals surface area contributed by atoms with Gasteiger partial charge in [-0.25, -0.2) is 8.42 Å². The van der Waals surface area contributed by atoms with E-state index >= 15 is 0 Å². The van der Waals surface area contributed by atoms with E-state index in [9.17, 15) is 18.3 Å². The van der Waals surface area contributed by atoms with Gasteiger partial charge in [-0.3, -0.25) is 0 Å². The number of nitrogens with zero attached hydrogens (tertiary/aromatic N) is 1. The summed E-state index contributed by atoms with van der Waals surface area (Å²) in [6, 6.07) is 5.95. The lowest BCUT2D eigenvalue weighted by molar-refractivity contribution is -0.305. The van der Waals surface area contributed by atoms with Gasteiger partial charge in [0, 0.05) is 10.5 Å². The molecule has 1 fully saturated rings. The van der Waals surface area contributed by atoms with Crippen LogP contribution in [0.3, 0.4) is 0 Å². The van der Waals surface area contributed by atoms with Crippen LogP contribution in [0.4, 0.5) is 0 Å². The number of halogens is 1. The van der Waals surface area contributed by atoms with Crippen molar-refractivity contribution in [3.05, 3.63) is 28.7 Å². The minimum absolute atomic E-state index is 0.109. The number of carboxylic acids is 1. The Morgan fingerprint density at radius 3 is 2.29 bits per heavy atom. The first-order valence-corrected chi connectivity index (χ1v) is 9.12. The molecule has 0 spiro atoms. The molecule has 2 rings (SSSR count). The fourth-order valence-corrected chi connectivity index (χ4v) is 4.54. The van der Waals surface area contributed by atoms with Crippen LogP contribution in [0.2, 0.25) is 0 Å². The van der Waals surface area contributed by atoms with Gasteiger partial charge in [0.05, 0.1) is 17.4 Å². The smallest absolute Gasteiger partial charge is 0.243 e. The van der Waals surface area contributed by atoms with Gasteiger partial charge < -0.3 is 9.90 Å². The third kappa shape index (κ3) is 4.05. The van der Waals surface area contributed by atoms with E-state index in [0.29, 0.717) is 12.8 Å². The molecule has 1 aromatic rings. The lowest BCUT2D eigenvalue weighted by Gasteiger charge is -2.33. The van der Waals surface area contributed by atoms with Gasteiger partial charge in [0.2, 0.25) is 10.0 Å². The molecule has 1 aliphatic rings. The molecule has 21 heavy (non-hydrogen) atoms. The molecule has 116 valence electrons. The first kappa shape index (κ1) is 16.5. The molecule has 0 unspecified atom stereocenters. The third-order valence-corrected chi connectivity index (χ3v) is 6.13. The molecule has 0 heterocycles. The van der Waals surface area contributed by atoms with Crippen molar-refractivity contribution in [3.8, 4) is 0 Å². The fourth-order valence-electron chi connectivity index (χ4n) is 2.65. The molecule has 0 amide bonds. The number of benzene rings is 1. The first-order valence-electron chi connectivity index (χ1n) is 6.88. The molecule has 0 N–H and O–H groups in total. The predicted molar refractivity (Wildman–Crippen MR) is 79.9 cm³/mol. The number of rotatable bonds is 5. The Kier molecular flexibility index (Phi) is 5.40. The third-order valence-electron chi connectivity index (χ3n) is 3.69. The largest absolute Gasteiger partial charge is 0.549 e. The number of carbonyl (C=O) groups excluding carboxylic acids is 1. The van der Waals surface area contributed by atoms with Crippen molar-refractivity contribution >= 4 is 31.9 Å². The first-order chi connectivity index (χ1) is 9.91. The van der Waals surface area contributed by atoms with E-state index in [1.54, 1.807) is 12.1 Å². The number of sulfonamides is 1. The van der Waals surface area contributed by atoms with E-state index in [2.05, 4.69) is 15.9 Å². The fraction of sp³-hybridized carbons (Fsp3) is 0.500. The molecule has 7 heteroatoms. The van der Waals surface area contributed by atoms with Crippen molar-refractivity contribution in [2.75, 3.05) is 6.54 Å². The molecule has 1 aliphatic carbocycles. The van der Waals surface area contributed by atoms with E-state index in [4.69, 9.17) is 0 Å². The van der Waals surface area contributed by atoms with Crippen molar-refractivity contribution in [2.45, 2.75) is 43.0 Å². The Morgan fingerprint density at radius 1 is 1.19 bits per heavy atom. The van der Waals surface area contributed by atoms with E-state index in [1.807, 2.05) is 0 Å². The van der Waals surface area contributed by atoms with Crippen LogP contribution in [0.15, 0.2) is 33.6 Å². The maximum absolute atomic E-state index is 12.7. The highest BCUT2D eigenvalue weighted by molar-refractivity contribution is 9.10. The van der Waals surface area contributed by atoms with Crippen LogP contribution in [0.5, 0.6) is 0 Å². The van der Waals surface area contributed by atoms with E-state index in [1.165, 1.54) is 12.1 Å². The lowest BCUT2D eigenvalue weighted by atomic mass is 9.95. The summed E-state index contributed by atoms with van der Waals surface area (Å²) in [6.07, 6.45) is 4.30. The van der Waals surface area contributed by atoms with Gasteiger partial charge in [-0.15, -0.1) is 0 Å². The van der Waals surface area contributed by atoms with Crippen LogP contribution in [-0.2, 0) is 14.8 Å². The zero-order valence-electron chi connectivity index (χ0n) is 11.5. The van der Waals surface area contributed by atoms with Crippen molar-refractivity contribution in [1.82, 2.24) is 4.31 Å². The Balaban J connectivity index is 2.33. The van der Waals surface area contributed by atoms with Gasteiger partial charge in [-0.05, 0) is 37.1 Å². The Morgan fingerprint density at radius 2 is 1.76 bits per heavy atom. The van der Waals surface area contributed by atoms with Crippen molar-refractivity contribution < 1.29 is 18.3 Å². The van der Waals surface area contributed by atoms with Crippen LogP contribution >= 0.6 is 15.9 Å². The molecular weight excluding hydrogens is 358 g/mol. The van der Waals surface area contributed by atoms with E-state index < -0.39 is 22.5 Å². The van der Waals surface area contributed by atoms with Gasteiger partial charge in [0.15, 0.2) is 0 Å². The monoisotopic (exact) mass is 374 g/mol. The topological polar surface area (TPSA) is 77.5 Å². The van der Waals surface area contributed by atoms with Crippen molar-refractivity contribution in [3.63, 3.8) is 0 Å². The minimum Gasteiger partial charge on any atom is -0.549 e. The Bertz CT molecular complexity index is 594. The molecule has 1 aromatic carbocycles. The summed E-state index contributed by atoms with van der Waals surface area (Å²) in [6.45, 7) is -0.594. The highest BCUT2D eigenvalue weighted by atomic mass is 79.9. The van der Waals surface area contributed by atoms with Crippen molar-refractivity contribution in [1.29, 1.82) is 0 Å². The summed E-state index contributed by atoms with van der Waals surface area (Å²) in [7, 11) is -3.82. The number of carboxylic acid groups (broad SMARTS) is 1. The molecular formula is C14H17BrNO4S-. The summed E-state index contributed by atoms with van der Waals surface area (Å²) in [5.74, 6) is -1.37. The Hall–Kier alpha value is -0.920. The molecule has 0 bridgehead atoms. The number of hydrogen-bond donors (Lipinski definition) is 0. The second-order valence-electron chi connectivity index (χ2n) is 5.17. The average molecular weight is 375 g/mol. The van der Waals surface area contributed by atoms with Crippen molar-refractivity contribution in [2.24, 2.45) is 0 Å². The van der Waals surface area contributed by atoms with Crippen LogP contribution in [0.1, 0.15) is 32.1 Å². The van der Waals surface area contributed by atoms with Gasteiger partial charge in [0.1, 0.15) is 0 Å². The quantitative estimate of drug-likeness (QED) is 0.782. The minimum atomic E-state index is -3.82. The molecule has 5 nitrogen and oxygen atoms in total. The summed E-state index contributed by atoms with van der Waals surface area (Å²) in [5, 5.41) is 11.0. The summed E-state index contributed by atoms with van der Waals surface area (Å²) >= 11 is 3.25. The highest BCUT2D eigenvalue weighted by Crippen LogP contribution is 2.28. The number of carbonyl (C=O) groups is 1. The predicted octanol–water partition coefficient (Wildman–Crippen LogP) is 1.52. The molecule has 0 aliphatic heterocycles. The Labute approximate surface area is 133 Å². The molecule has 0 saturated heterocycles. The average Bonchev–Trinajstić information content (AvgIpc) is 2.46. The van der Waals surface area contributed by atoms with E-state index in [-0.39, 0.29) is 10.9 Å². The van der Waals surface area contributed by atoms with Gasteiger partial charge >= 0.3 is 0 Å².